The molecule has 22 heavy (non-hydrogen) atoms. The van der Waals surface area contributed by atoms with E-state index >= 15 is 0 Å². The van der Waals surface area contributed by atoms with E-state index < -0.39 is 0 Å². The number of amides is 1. The first-order valence-electron chi connectivity index (χ1n) is 8.21. The fourth-order valence-electron chi connectivity index (χ4n) is 3.70. The number of halogens is 1. The average molecular weight is 323 g/mol. The Balaban J connectivity index is 0.00000176. The lowest BCUT2D eigenvalue weighted by Crippen LogP contribution is -2.53. The van der Waals surface area contributed by atoms with Crippen molar-refractivity contribution in [1.29, 1.82) is 0 Å². The minimum atomic E-state index is -0.203. The topological polar surface area (TPSA) is 55.1 Å². The zero-order chi connectivity index (χ0) is 14.9. The summed E-state index contributed by atoms with van der Waals surface area (Å²) in [7, 11) is 0. The van der Waals surface area contributed by atoms with Crippen LogP contribution in [-0.4, -0.2) is 18.0 Å². The minimum Gasteiger partial charge on any atom is -0.349 e. The molecule has 0 bridgehead atoms. The Bertz CT molecular complexity index is 530. The first kappa shape index (κ1) is 17.3. The highest BCUT2D eigenvalue weighted by atomic mass is 35.5. The van der Waals surface area contributed by atoms with E-state index in [0.717, 1.165) is 12.8 Å². The monoisotopic (exact) mass is 322 g/mol. The second-order valence-electron chi connectivity index (χ2n) is 6.94. The number of nitrogens with two attached hydrogens (primary N) is 1. The molecule has 2 atom stereocenters. The Kier molecular flexibility index (Phi) is 5.51. The number of carbonyl (C=O) groups is 1. The number of hydrogen-bond donors (Lipinski definition) is 2. The van der Waals surface area contributed by atoms with Gasteiger partial charge in [-0.2, -0.15) is 0 Å². The summed E-state index contributed by atoms with van der Waals surface area (Å²) in [5.41, 5.74) is 8.48. The molecule has 3 N–H and O–H groups in total. The van der Waals surface area contributed by atoms with Gasteiger partial charge >= 0.3 is 0 Å². The number of fused-ring (bicyclic) bond motifs is 1. The molecule has 3 rings (SSSR count). The third kappa shape index (κ3) is 3.64. The van der Waals surface area contributed by atoms with E-state index in [1.807, 2.05) is 0 Å². The van der Waals surface area contributed by atoms with E-state index in [0.29, 0.717) is 24.8 Å². The zero-order valence-electron chi connectivity index (χ0n) is 13.3. The molecule has 1 saturated carbocycles. The van der Waals surface area contributed by atoms with E-state index in [2.05, 4.69) is 36.5 Å². The number of aryl methyl sites for hydroxylation is 1. The van der Waals surface area contributed by atoms with Gasteiger partial charge in [-0.3, -0.25) is 4.79 Å². The molecule has 122 valence electrons. The van der Waals surface area contributed by atoms with E-state index in [1.54, 1.807) is 0 Å². The van der Waals surface area contributed by atoms with Crippen LogP contribution < -0.4 is 11.1 Å². The summed E-state index contributed by atoms with van der Waals surface area (Å²) < 4.78 is 0. The van der Waals surface area contributed by atoms with Crippen LogP contribution in [0.5, 0.6) is 0 Å². The number of carbonyl (C=O) groups excluding carboxylic acids is 1. The van der Waals surface area contributed by atoms with Gasteiger partial charge < -0.3 is 11.1 Å². The molecular formula is C18H27ClN2O. The molecule has 2 aliphatic carbocycles. The molecule has 1 aromatic carbocycles. The van der Waals surface area contributed by atoms with Crippen LogP contribution in [-0.2, 0) is 11.2 Å². The van der Waals surface area contributed by atoms with E-state index in [4.69, 9.17) is 5.73 Å². The molecule has 0 aromatic heterocycles. The van der Waals surface area contributed by atoms with Crippen molar-refractivity contribution >= 4 is 18.3 Å². The molecule has 0 saturated heterocycles. The maximum Gasteiger partial charge on any atom is 0.221 e. The van der Waals surface area contributed by atoms with Crippen LogP contribution in [0, 0.1) is 5.92 Å². The standard InChI is InChI=1S/C18H26N2O.ClH/c1-18(12-19,15-9-10-15)20-17(21)11-14-7-4-6-13-5-2-3-8-16(13)14;/h2-3,5,8,14-15H,4,6-7,9-12,19H2,1H3,(H,20,21);1H. The van der Waals surface area contributed by atoms with Gasteiger partial charge in [-0.15, -0.1) is 12.4 Å². The maximum absolute atomic E-state index is 12.5. The Morgan fingerprint density at radius 1 is 1.32 bits per heavy atom. The Labute approximate surface area is 139 Å². The van der Waals surface area contributed by atoms with E-state index in [-0.39, 0.29) is 23.9 Å². The summed E-state index contributed by atoms with van der Waals surface area (Å²) in [6, 6.07) is 8.58. The van der Waals surface area contributed by atoms with Gasteiger partial charge in [-0.05, 0) is 62.0 Å². The molecule has 0 radical (unpaired) electrons. The quantitative estimate of drug-likeness (QED) is 0.875. The largest absolute Gasteiger partial charge is 0.349 e. The lowest BCUT2D eigenvalue weighted by atomic mass is 9.81. The van der Waals surface area contributed by atoms with Crippen LogP contribution in [0.4, 0.5) is 0 Å². The van der Waals surface area contributed by atoms with Crippen molar-refractivity contribution < 1.29 is 4.79 Å². The third-order valence-corrected chi connectivity index (χ3v) is 5.25. The van der Waals surface area contributed by atoms with Crippen molar-refractivity contribution in [2.45, 2.75) is 56.9 Å². The first-order chi connectivity index (χ1) is 10.1. The fourth-order valence-corrected chi connectivity index (χ4v) is 3.70. The van der Waals surface area contributed by atoms with Crippen molar-refractivity contribution in [1.82, 2.24) is 5.32 Å². The van der Waals surface area contributed by atoms with Crippen molar-refractivity contribution in [3.05, 3.63) is 35.4 Å². The van der Waals surface area contributed by atoms with Crippen molar-refractivity contribution in [2.75, 3.05) is 6.54 Å². The van der Waals surface area contributed by atoms with Crippen LogP contribution >= 0.6 is 12.4 Å². The number of benzene rings is 1. The fraction of sp³-hybridized carbons (Fsp3) is 0.611. The van der Waals surface area contributed by atoms with Crippen LogP contribution in [0.15, 0.2) is 24.3 Å². The van der Waals surface area contributed by atoms with E-state index in [1.165, 1.54) is 30.4 Å². The molecule has 2 aliphatic rings. The van der Waals surface area contributed by atoms with E-state index in [9.17, 15) is 4.79 Å². The van der Waals surface area contributed by atoms with Crippen LogP contribution in [0.3, 0.4) is 0 Å². The molecule has 0 spiro atoms. The summed E-state index contributed by atoms with van der Waals surface area (Å²) >= 11 is 0. The summed E-state index contributed by atoms with van der Waals surface area (Å²) in [5, 5.41) is 3.22. The molecule has 3 nitrogen and oxygen atoms in total. The Hall–Kier alpha value is -1.06. The number of hydrogen-bond acceptors (Lipinski definition) is 2. The van der Waals surface area contributed by atoms with Crippen LogP contribution in [0.25, 0.3) is 0 Å². The lowest BCUT2D eigenvalue weighted by Gasteiger charge is -2.31. The summed E-state index contributed by atoms with van der Waals surface area (Å²) in [5.74, 6) is 1.11. The van der Waals surface area contributed by atoms with Gasteiger partial charge in [0.15, 0.2) is 0 Å². The van der Waals surface area contributed by atoms with Crippen molar-refractivity contribution in [2.24, 2.45) is 11.7 Å². The Morgan fingerprint density at radius 2 is 2.05 bits per heavy atom. The summed E-state index contributed by atoms with van der Waals surface area (Å²) in [6.07, 6.45) is 6.44. The maximum atomic E-state index is 12.5. The van der Waals surface area contributed by atoms with Crippen LogP contribution in [0.2, 0.25) is 0 Å². The second kappa shape index (κ2) is 7.01. The molecule has 1 amide bonds. The Morgan fingerprint density at radius 3 is 2.73 bits per heavy atom. The summed E-state index contributed by atoms with van der Waals surface area (Å²) in [4.78, 5) is 12.5. The van der Waals surface area contributed by atoms with Gasteiger partial charge in [0.2, 0.25) is 5.91 Å². The zero-order valence-corrected chi connectivity index (χ0v) is 14.1. The molecule has 1 aromatic rings. The second-order valence-corrected chi connectivity index (χ2v) is 6.94. The molecule has 0 heterocycles. The SMILES string of the molecule is CC(CN)(NC(=O)CC1CCCc2ccccc21)C1CC1.Cl. The van der Waals surface area contributed by atoms with Gasteiger partial charge in [-0.25, -0.2) is 0 Å². The van der Waals surface area contributed by atoms with Gasteiger partial charge in [0.25, 0.3) is 0 Å². The van der Waals surface area contributed by atoms with Gasteiger partial charge in [0.05, 0.1) is 5.54 Å². The molecule has 1 fully saturated rings. The number of nitrogens with one attached hydrogen (secondary N) is 1. The lowest BCUT2D eigenvalue weighted by molar-refractivity contribution is -0.123. The predicted octanol–water partition coefficient (Wildman–Crippen LogP) is 3.16. The molecule has 4 heteroatoms. The van der Waals surface area contributed by atoms with Gasteiger partial charge in [0.1, 0.15) is 0 Å². The average Bonchev–Trinajstić information content (AvgIpc) is 3.32. The molecule has 2 unspecified atom stereocenters. The molecule has 0 aliphatic heterocycles. The van der Waals surface area contributed by atoms with Crippen LogP contribution in [0.1, 0.15) is 56.1 Å². The minimum absolute atomic E-state index is 0. The number of rotatable bonds is 5. The predicted molar refractivity (Wildman–Crippen MR) is 92.3 cm³/mol. The highest BCUT2D eigenvalue weighted by molar-refractivity contribution is 5.85. The highest BCUT2D eigenvalue weighted by Crippen LogP contribution is 2.39. The normalized spacial score (nSPS) is 22.9. The van der Waals surface area contributed by atoms with Gasteiger partial charge in [-0.1, -0.05) is 24.3 Å². The third-order valence-electron chi connectivity index (χ3n) is 5.25. The van der Waals surface area contributed by atoms with Crippen molar-refractivity contribution in [3.8, 4) is 0 Å². The molecular weight excluding hydrogens is 296 g/mol. The smallest absolute Gasteiger partial charge is 0.221 e. The first-order valence-corrected chi connectivity index (χ1v) is 8.21. The van der Waals surface area contributed by atoms with Gasteiger partial charge in [0, 0.05) is 13.0 Å². The summed E-state index contributed by atoms with van der Waals surface area (Å²) in [6.45, 7) is 2.63. The van der Waals surface area contributed by atoms with Crippen molar-refractivity contribution in [3.63, 3.8) is 0 Å². The highest BCUT2D eigenvalue weighted by Gasteiger charge is 2.41.